The van der Waals surface area contributed by atoms with Gasteiger partial charge in [0.25, 0.3) is 0 Å². The van der Waals surface area contributed by atoms with Crippen molar-refractivity contribution < 1.29 is 24.1 Å². The molecule has 2 rings (SSSR count). The molecule has 0 amide bonds. The van der Waals surface area contributed by atoms with Gasteiger partial charge in [-0.15, -0.1) is 0 Å². The van der Waals surface area contributed by atoms with Crippen LogP contribution >= 0.6 is 0 Å². The first-order chi connectivity index (χ1) is 8.99. The van der Waals surface area contributed by atoms with Crippen LogP contribution in [0.15, 0.2) is 15.3 Å². The number of aliphatic hydroxyl groups is 2. The highest BCUT2D eigenvalue weighted by Crippen LogP contribution is 2.24. The van der Waals surface area contributed by atoms with Crippen LogP contribution in [0.5, 0.6) is 5.75 Å². The van der Waals surface area contributed by atoms with E-state index >= 15 is 0 Å². The Balaban J connectivity index is 2.14. The molecule has 0 spiro atoms. The predicted octanol–water partition coefficient (Wildman–Crippen LogP) is 0.494. The molecule has 1 aliphatic rings. The molecule has 2 heterocycles. The number of aliphatic hydroxyl groups excluding tert-OH is 2. The lowest BCUT2D eigenvalue weighted by Gasteiger charge is -2.32. The van der Waals surface area contributed by atoms with Crippen LogP contribution in [-0.4, -0.2) is 35.3 Å². The summed E-state index contributed by atoms with van der Waals surface area (Å²) in [7, 11) is 0. The van der Waals surface area contributed by atoms with Crippen LogP contribution in [0.3, 0.4) is 0 Å². The Labute approximate surface area is 110 Å². The second kappa shape index (κ2) is 5.73. The molecule has 1 aromatic rings. The zero-order valence-corrected chi connectivity index (χ0v) is 11.0. The van der Waals surface area contributed by atoms with Gasteiger partial charge in [-0.2, -0.15) is 0 Å². The van der Waals surface area contributed by atoms with Crippen LogP contribution < -0.4 is 10.4 Å². The Hall–Kier alpha value is -1.37. The number of rotatable bonds is 3. The average Bonchev–Trinajstić information content (AvgIpc) is 2.34. The minimum Gasteiger partial charge on any atom is -0.464 e. The lowest BCUT2D eigenvalue weighted by atomic mass is 10.1. The summed E-state index contributed by atoms with van der Waals surface area (Å²) in [5.41, 5.74) is -0.0973. The normalized spacial score (nSPS) is 27.3. The van der Waals surface area contributed by atoms with Crippen LogP contribution in [0.1, 0.15) is 24.2 Å². The molecular formula is C13H18O6. The van der Waals surface area contributed by atoms with Gasteiger partial charge >= 0.3 is 5.63 Å². The number of aryl methyl sites for hydroxylation is 1. The first-order valence-corrected chi connectivity index (χ1v) is 6.22. The molecule has 19 heavy (non-hydrogen) atoms. The third-order valence-corrected chi connectivity index (χ3v) is 3.07. The molecule has 1 fully saturated rings. The second-order valence-electron chi connectivity index (χ2n) is 4.75. The van der Waals surface area contributed by atoms with E-state index in [1.807, 2.05) is 0 Å². The van der Waals surface area contributed by atoms with Crippen molar-refractivity contribution in [2.24, 2.45) is 0 Å². The van der Waals surface area contributed by atoms with Gasteiger partial charge in [0.05, 0.1) is 24.4 Å². The molecule has 0 bridgehead atoms. The van der Waals surface area contributed by atoms with E-state index in [1.165, 1.54) is 0 Å². The van der Waals surface area contributed by atoms with Gasteiger partial charge in [0.15, 0.2) is 0 Å². The molecule has 2 N–H and O–H groups in total. The average molecular weight is 270 g/mol. The third-order valence-electron chi connectivity index (χ3n) is 3.07. The predicted molar refractivity (Wildman–Crippen MR) is 66.1 cm³/mol. The van der Waals surface area contributed by atoms with Crippen molar-refractivity contribution in [1.82, 2.24) is 0 Å². The smallest absolute Gasteiger partial charge is 0.342 e. The summed E-state index contributed by atoms with van der Waals surface area (Å²) in [6, 6.07) is 1.61. The van der Waals surface area contributed by atoms with Crippen molar-refractivity contribution in [3.8, 4) is 5.75 Å². The first-order valence-electron chi connectivity index (χ1n) is 6.22. The fraction of sp³-hybridized carbons (Fsp3) is 0.615. The lowest BCUT2D eigenvalue weighted by Crippen LogP contribution is -2.40. The summed E-state index contributed by atoms with van der Waals surface area (Å²) >= 11 is 0. The highest BCUT2D eigenvalue weighted by Gasteiger charge is 2.29. The summed E-state index contributed by atoms with van der Waals surface area (Å²) < 4.78 is 16.0. The fourth-order valence-electron chi connectivity index (χ4n) is 2.05. The molecule has 3 unspecified atom stereocenters. The van der Waals surface area contributed by atoms with E-state index in [0.29, 0.717) is 29.9 Å². The molecule has 0 aliphatic carbocycles. The minimum absolute atomic E-state index is 0.175. The lowest BCUT2D eigenvalue weighted by molar-refractivity contribution is -0.184. The quantitative estimate of drug-likeness (QED) is 0.831. The monoisotopic (exact) mass is 270 g/mol. The van der Waals surface area contributed by atoms with E-state index in [4.69, 9.17) is 19.0 Å². The van der Waals surface area contributed by atoms with E-state index in [0.717, 1.165) is 0 Å². The SMILES string of the molecule is Cc1cc(OC2CC(O)CC(CO)O2)c(C)c(=O)o1. The molecule has 0 saturated carbocycles. The van der Waals surface area contributed by atoms with E-state index in [2.05, 4.69) is 0 Å². The van der Waals surface area contributed by atoms with Crippen LogP contribution in [0.2, 0.25) is 0 Å². The van der Waals surface area contributed by atoms with Gasteiger partial charge in [-0.3, -0.25) is 0 Å². The Bertz CT molecular complexity index is 494. The van der Waals surface area contributed by atoms with Gasteiger partial charge in [0, 0.05) is 18.9 Å². The van der Waals surface area contributed by atoms with Gasteiger partial charge in [0.1, 0.15) is 11.5 Å². The Morgan fingerprint density at radius 2 is 2.16 bits per heavy atom. The van der Waals surface area contributed by atoms with Gasteiger partial charge in [-0.1, -0.05) is 0 Å². The zero-order chi connectivity index (χ0) is 14.0. The standard InChI is InChI=1S/C13H18O6/c1-7-3-11(8(2)13(16)17-7)19-12-5-9(15)4-10(6-14)18-12/h3,9-10,12,14-15H,4-6H2,1-2H3. The van der Waals surface area contributed by atoms with Gasteiger partial charge in [-0.05, 0) is 13.8 Å². The maximum absolute atomic E-state index is 11.5. The fourth-order valence-corrected chi connectivity index (χ4v) is 2.05. The van der Waals surface area contributed by atoms with E-state index in [9.17, 15) is 9.90 Å². The van der Waals surface area contributed by atoms with Crippen molar-refractivity contribution >= 4 is 0 Å². The van der Waals surface area contributed by atoms with Crippen LogP contribution in [-0.2, 0) is 4.74 Å². The first kappa shape index (κ1) is 14.0. The minimum atomic E-state index is -0.680. The largest absolute Gasteiger partial charge is 0.464 e. The van der Waals surface area contributed by atoms with Crippen molar-refractivity contribution in [2.45, 2.75) is 45.2 Å². The van der Waals surface area contributed by atoms with Gasteiger partial charge in [0.2, 0.25) is 6.29 Å². The summed E-state index contributed by atoms with van der Waals surface area (Å²) in [5.74, 6) is 0.824. The van der Waals surface area contributed by atoms with Gasteiger partial charge in [-0.25, -0.2) is 4.79 Å². The Morgan fingerprint density at radius 1 is 1.42 bits per heavy atom. The van der Waals surface area contributed by atoms with Gasteiger partial charge < -0.3 is 24.1 Å². The molecule has 0 radical (unpaired) electrons. The topological polar surface area (TPSA) is 89.1 Å². The van der Waals surface area contributed by atoms with Crippen molar-refractivity contribution in [3.05, 3.63) is 27.8 Å². The van der Waals surface area contributed by atoms with Crippen LogP contribution in [0, 0.1) is 13.8 Å². The maximum Gasteiger partial charge on any atom is 0.342 e. The highest BCUT2D eigenvalue weighted by molar-refractivity contribution is 5.30. The molecule has 6 heteroatoms. The molecule has 1 saturated heterocycles. The maximum atomic E-state index is 11.5. The second-order valence-corrected chi connectivity index (χ2v) is 4.75. The van der Waals surface area contributed by atoms with Crippen LogP contribution in [0.25, 0.3) is 0 Å². The van der Waals surface area contributed by atoms with Crippen molar-refractivity contribution in [1.29, 1.82) is 0 Å². The molecule has 106 valence electrons. The molecule has 3 atom stereocenters. The molecule has 6 nitrogen and oxygen atoms in total. The highest BCUT2D eigenvalue weighted by atomic mass is 16.7. The van der Waals surface area contributed by atoms with E-state index in [1.54, 1.807) is 19.9 Å². The molecule has 1 aliphatic heterocycles. The molecule has 1 aromatic heterocycles. The number of hydrogen-bond donors (Lipinski definition) is 2. The van der Waals surface area contributed by atoms with Crippen LogP contribution in [0.4, 0.5) is 0 Å². The number of hydrogen-bond acceptors (Lipinski definition) is 6. The molecule has 0 aromatic carbocycles. The summed E-state index contributed by atoms with van der Waals surface area (Å²) in [4.78, 5) is 11.5. The Kier molecular flexibility index (Phi) is 4.24. The zero-order valence-electron chi connectivity index (χ0n) is 11.0. The summed E-state index contributed by atoms with van der Waals surface area (Å²) in [5, 5.41) is 18.8. The third kappa shape index (κ3) is 3.34. The Morgan fingerprint density at radius 3 is 2.84 bits per heavy atom. The van der Waals surface area contributed by atoms with E-state index < -0.39 is 24.1 Å². The van der Waals surface area contributed by atoms with E-state index in [-0.39, 0.29) is 6.61 Å². The summed E-state index contributed by atoms with van der Waals surface area (Å²) in [6.07, 6.45) is -1.03. The van der Waals surface area contributed by atoms with Crippen molar-refractivity contribution in [2.75, 3.05) is 6.61 Å². The summed E-state index contributed by atoms with van der Waals surface area (Å²) in [6.45, 7) is 3.08. The number of ether oxygens (including phenoxy) is 2. The van der Waals surface area contributed by atoms with Crippen molar-refractivity contribution in [3.63, 3.8) is 0 Å². The molecular weight excluding hydrogens is 252 g/mol.